The van der Waals surface area contributed by atoms with Gasteiger partial charge in [-0.1, -0.05) is 6.07 Å². The van der Waals surface area contributed by atoms with E-state index in [2.05, 4.69) is 43.3 Å². The molecule has 0 radical (unpaired) electrons. The summed E-state index contributed by atoms with van der Waals surface area (Å²) in [5.41, 5.74) is 4.91. The number of halogens is 2. The van der Waals surface area contributed by atoms with Crippen LogP contribution in [0.4, 0.5) is 26.1 Å². The predicted octanol–water partition coefficient (Wildman–Crippen LogP) is 5.06. The fourth-order valence-electron chi connectivity index (χ4n) is 4.94. The molecule has 1 aromatic heterocycles. The van der Waals surface area contributed by atoms with Gasteiger partial charge in [0.25, 0.3) is 0 Å². The Kier molecular flexibility index (Phi) is 6.21. The van der Waals surface area contributed by atoms with Crippen molar-refractivity contribution in [2.75, 3.05) is 42.4 Å². The summed E-state index contributed by atoms with van der Waals surface area (Å²) in [4.78, 5) is 12.8. The van der Waals surface area contributed by atoms with E-state index in [1.807, 2.05) is 27.9 Å². The zero-order chi connectivity index (χ0) is 24.7. The molecule has 2 aliphatic rings. The van der Waals surface area contributed by atoms with Gasteiger partial charge in [-0.15, -0.1) is 0 Å². The molecule has 3 aromatic rings. The van der Waals surface area contributed by atoms with Gasteiger partial charge < -0.3 is 19.9 Å². The zero-order valence-corrected chi connectivity index (χ0v) is 20.6. The predicted molar refractivity (Wildman–Crippen MR) is 136 cm³/mol. The van der Waals surface area contributed by atoms with Crippen molar-refractivity contribution >= 4 is 17.3 Å². The smallest absolute Gasteiger partial charge is 0.223 e. The molecule has 1 N–H and O–H groups in total. The van der Waals surface area contributed by atoms with Crippen LogP contribution in [0.15, 0.2) is 36.5 Å². The van der Waals surface area contributed by atoms with Crippen LogP contribution >= 0.6 is 0 Å². The first-order valence-corrected chi connectivity index (χ1v) is 12.1. The SMILES string of the molecule is CC(C)N1CCOc2c(F)cc(-c3nc(NC4CCc5cc(N(C)C)ccc5C4)ncc3F)cc21. The molecule has 0 saturated carbocycles. The quantitative estimate of drug-likeness (QED) is 0.552. The minimum absolute atomic E-state index is 0.0744. The highest BCUT2D eigenvalue weighted by molar-refractivity contribution is 5.72. The second-order valence-corrected chi connectivity index (χ2v) is 9.76. The van der Waals surface area contributed by atoms with Gasteiger partial charge in [-0.2, -0.15) is 0 Å². The number of aryl methyl sites for hydroxylation is 1. The van der Waals surface area contributed by atoms with Crippen LogP contribution in [0.25, 0.3) is 11.3 Å². The molecule has 0 fully saturated rings. The minimum atomic E-state index is -0.590. The molecular formula is C27H31F2N5O. The molecule has 5 rings (SSSR count). The van der Waals surface area contributed by atoms with Gasteiger partial charge >= 0.3 is 0 Å². The summed E-state index contributed by atoms with van der Waals surface area (Å²) in [5, 5.41) is 3.37. The van der Waals surface area contributed by atoms with E-state index in [4.69, 9.17) is 4.74 Å². The van der Waals surface area contributed by atoms with Crippen molar-refractivity contribution in [3.05, 3.63) is 59.3 Å². The van der Waals surface area contributed by atoms with Gasteiger partial charge in [0.1, 0.15) is 12.3 Å². The number of benzene rings is 2. The van der Waals surface area contributed by atoms with Crippen LogP contribution in [-0.2, 0) is 12.8 Å². The van der Waals surface area contributed by atoms with Gasteiger partial charge in [0.2, 0.25) is 5.95 Å². The summed E-state index contributed by atoms with van der Waals surface area (Å²) in [5.74, 6) is -0.557. The van der Waals surface area contributed by atoms with E-state index >= 15 is 0 Å². The molecule has 1 atom stereocenters. The van der Waals surface area contributed by atoms with Gasteiger partial charge in [-0.05, 0) is 68.5 Å². The molecule has 0 amide bonds. The lowest BCUT2D eigenvalue weighted by molar-refractivity contribution is 0.287. The maximum absolute atomic E-state index is 14.9. The molecule has 1 aliphatic heterocycles. The number of rotatable bonds is 5. The normalized spacial score (nSPS) is 17.0. The number of hydrogen-bond donors (Lipinski definition) is 1. The molecule has 184 valence electrons. The number of anilines is 3. The fourth-order valence-corrected chi connectivity index (χ4v) is 4.94. The van der Waals surface area contributed by atoms with E-state index in [0.717, 1.165) is 25.5 Å². The monoisotopic (exact) mass is 479 g/mol. The van der Waals surface area contributed by atoms with Gasteiger partial charge in [0, 0.05) is 37.4 Å². The van der Waals surface area contributed by atoms with Crippen molar-refractivity contribution in [3.8, 4) is 17.0 Å². The fraction of sp³-hybridized carbons (Fsp3) is 0.407. The average Bonchev–Trinajstić information content (AvgIpc) is 2.84. The number of fused-ring (bicyclic) bond motifs is 2. The highest BCUT2D eigenvalue weighted by Gasteiger charge is 2.26. The van der Waals surface area contributed by atoms with Gasteiger partial charge in [0.05, 0.1) is 18.4 Å². The lowest BCUT2D eigenvalue weighted by atomic mass is 9.88. The number of nitrogens with one attached hydrogen (secondary N) is 1. The summed E-state index contributed by atoms with van der Waals surface area (Å²) in [6.45, 7) is 5.14. The Balaban J connectivity index is 1.40. The van der Waals surface area contributed by atoms with Gasteiger partial charge in [0.15, 0.2) is 17.4 Å². The van der Waals surface area contributed by atoms with E-state index in [0.29, 0.717) is 30.4 Å². The molecular weight excluding hydrogens is 448 g/mol. The Bertz CT molecular complexity index is 1250. The van der Waals surface area contributed by atoms with Crippen LogP contribution < -0.4 is 19.9 Å². The molecule has 6 nitrogen and oxygen atoms in total. The Morgan fingerprint density at radius 2 is 1.94 bits per heavy atom. The maximum Gasteiger partial charge on any atom is 0.223 e. The third kappa shape index (κ3) is 4.61. The first kappa shape index (κ1) is 23.3. The number of ether oxygens (including phenoxy) is 1. The minimum Gasteiger partial charge on any atom is -0.486 e. The third-order valence-electron chi connectivity index (χ3n) is 6.82. The first-order valence-electron chi connectivity index (χ1n) is 12.1. The van der Waals surface area contributed by atoms with Crippen LogP contribution in [0.5, 0.6) is 5.75 Å². The second-order valence-electron chi connectivity index (χ2n) is 9.76. The Labute approximate surface area is 205 Å². The molecule has 35 heavy (non-hydrogen) atoms. The molecule has 1 unspecified atom stereocenters. The highest BCUT2D eigenvalue weighted by Crippen LogP contribution is 2.39. The van der Waals surface area contributed by atoms with Gasteiger partial charge in [-0.25, -0.2) is 18.7 Å². The molecule has 2 heterocycles. The van der Waals surface area contributed by atoms with Crippen molar-refractivity contribution in [1.82, 2.24) is 9.97 Å². The Morgan fingerprint density at radius 3 is 2.71 bits per heavy atom. The summed E-state index contributed by atoms with van der Waals surface area (Å²) >= 11 is 0. The average molecular weight is 480 g/mol. The summed E-state index contributed by atoms with van der Waals surface area (Å²) in [7, 11) is 4.08. The van der Waals surface area contributed by atoms with E-state index in [1.165, 1.54) is 22.9 Å². The van der Waals surface area contributed by atoms with Crippen molar-refractivity contribution in [2.45, 2.75) is 45.2 Å². The number of nitrogens with zero attached hydrogens (tertiary/aromatic N) is 4. The standard InChI is InChI=1S/C27H31F2N5O/c1-16(2)34-9-10-35-26-22(28)13-19(14-24(26)34)25-23(29)15-30-27(32-25)31-20-7-5-18-12-21(33(3)4)8-6-17(18)11-20/h6,8,12-16,20H,5,7,9-11H2,1-4H3,(H,30,31,32). The van der Waals surface area contributed by atoms with Crippen LogP contribution in [0.1, 0.15) is 31.4 Å². The van der Waals surface area contributed by atoms with Crippen molar-refractivity contribution in [3.63, 3.8) is 0 Å². The largest absolute Gasteiger partial charge is 0.486 e. The Hall–Kier alpha value is -3.42. The molecule has 0 bridgehead atoms. The van der Waals surface area contributed by atoms with E-state index in [1.54, 1.807) is 6.07 Å². The molecule has 2 aromatic carbocycles. The lowest BCUT2D eigenvalue weighted by Gasteiger charge is -2.34. The van der Waals surface area contributed by atoms with E-state index in [9.17, 15) is 8.78 Å². The van der Waals surface area contributed by atoms with Crippen molar-refractivity contribution in [2.24, 2.45) is 0 Å². The zero-order valence-electron chi connectivity index (χ0n) is 20.6. The molecule has 1 aliphatic carbocycles. The summed E-state index contributed by atoms with van der Waals surface area (Å²) in [6, 6.07) is 9.88. The lowest BCUT2D eigenvalue weighted by Crippen LogP contribution is -2.38. The maximum atomic E-state index is 14.9. The van der Waals surface area contributed by atoms with E-state index in [-0.39, 0.29) is 23.5 Å². The van der Waals surface area contributed by atoms with Crippen molar-refractivity contribution < 1.29 is 13.5 Å². The van der Waals surface area contributed by atoms with Gasteiger partial charge in [-0.3, -0.25) is 0 Å². The topological polar surface area (TPSA) is 53.5 Å². The number of aromatic nitrogens is 2. The van der Waals surface area contributed by atoms with Crippen LogP contribution in [0, 0.1) is 11.6 Å². The van der Waals surface area contributed by atoms with E-state index < -0.39 is 11.6 Å². The molecule has 0 saturated heterocycles. The van der Waals surface area contributed by atoms with Crippen LogP contribution in [-0.4, -0.2) is 49.3 Å². The third-order valence-corrected chi connectivity index (χ3v) is 6.82. The summed E-state index contributed by atoms with van der Waals surface area (Å²) < 4.78 is 35.3. The first-order chi connectivity index (χ1) is 16.8. The highest BCUT2D eigenvalue weighted by atomic mass is 19.1. The number of hydrogen-bond acceptors (Lipinski definition) is 6. The van der Waals surface area contributed by atoms with Crippen molar-refractivity contribution in [1.29, 1.82) is 0 Å². The molecule has 0 spiro atoms. The van der Waals surface area contributed by atoms with Crippen LogP contribution in [0.2, 0.25) is 0 Å². The Morgan fingerprint density at radius 1 is 1.11 bits per heavy atom. The molecule has 8 heteroatoms. The second kappa shape index (κ2) is 9.32. The van der Waals surface area contributed by atoms with Crippen LogP contribution in [0.3, 0.4) is 0 Å². The summed E-state index contributed by atoms with van der Waals surface area (Å²) in [6.07, 6.45) is 3.87.